The van der Waals surface area contributed by atoms with Crippen LogP contribution in [-0.4, -0.2) is 32.6 Å². The molecular weight excluding hydrogens is 202 g/mol. The number of hydrogen-bond donors (Lipinski definition) is 1. The van der Waals surface area contributed by atoms with Crippen LogP contribution < -0.4 is 5.32 Å². The predicted molar refractivity (Wildman–Crippen MR) is 66.5 cm³/mol. The first-order chi connectivity index (χ1) is 7.86. The van der Waals surface area contributed by atoms with Gasteiger partial charge in [0.1, 0.15) is 6.79 Å². The molecular formula is C13H27NO2. The zero-order valence-corrected chi connectivity index (χ0v) is 10.8. The summed E-state index contributed by atoms with van der Waals surface area (Å²) in [6.07, 6.45) is 6.68. The average Bonchev–Trinajstić information content (AvgIpc) is 2.35. The van der Waals surface area contributed by atoms with Crippen LogP contribution in [-0.2, 0) is 9.47 Å². The molecule has 0 aromatic rings. The summed E-state index contributed by atoms with van der Waals surface area (Å²) in [4.78, 5) is 0. The quantitative estimate of drug-likeness (QED) is 0.694. The molecule has 1 N–H and O–H groups in total. The first-order valence-corrected chi connectivity index (χ1v) is 6.76. The molecule has 2 atom stereocenters. The Hall–Kier alpha value is -0.120. The van der Waals surface area contributed by atoms with Crippen LogP contribution in [0.25, 0.3) is 0 Å². The van der Waals surface area contributed by atoms with Crippen molar-refractivity contribution in [2.75, 3.05) is 26.5 Å². The molecule has 3 heteroatoms. The fourth-order valence-electron chi connectivity index (χ4n) is 2.05. The fraction of sp³-hybridized carbons (Fsp3) is 1.00. The Morgan fingerprint density at radius 1 is 1.38 bits per heavy atom. The van der Waals surface area contributed by atoms with E-state index < -0.39 is 0 Å². The topological polar surface area (TPSA) is 30.5 Å². The summed E-state index contributed by atoms with van der Waals surface area (Å²) < 4.78 is 10.6. The Labute approximate surface area is 99.9 Å². The van der Waals surface area contributed by atoms with Crippen LogP contribution >= 0.6 is 0 Å². The average molecular weight is 229 g/mol. The zero-order valence-electron chi connectivity index (χ0n) is 10.8. The molecule has 0 bridgehead atoms. The van der Waals surface area contributed by atoms with Gasteiger partial charge in [-0.2, -0.15) is 0 Å². The Balaban J connectivity index is 2.02. The highest BCUT2D eigenvalue weighted by Crippen LogP contribution is 2.11. The van der Waals surface area contributed by atoms with Gasteiger partial charge >= 0.3 is 0 Å². The van der Waals surface area contributed by atoms with Crippen LogP contribution in [0.3, 0.4) is 0 Å². The molecule has 0 amide bonds. The maximum Gasteiger partial charge on any atom is 0.147 e. The lowest BCUT2D eigenvalue weighted by atomic mass is 9.99. The van der Waals surface area contributed by atoms with Crippen molar-refractivity contribution in [3.8, 4) is 0 Å². The maximum absolute atomic E-state index is 5.49. The second kappa shape index (κ2) is 8.97. The van der Waals surface area contributed by atoms with Crippen molar-refractivity contribution in [2.45, 2.75) is 52.1 Å². The lowest BCUT2D eigenvalue weighted by molar-refractivity contribution is -0.137. The minimum atomic E-state index is 0.359. The number of hydrogen-bond acceptors (Lipinski definition) is 3. The second-order valence-corrected chi connectivity index (χ2v) is 4.68. The normalized spacial score (nSPS) is 23.2. The third-order valence-electron chi connectivity index (χ3n) is 3.32. The molecule has 0 spiro atoms. The minimum Gasteiger partial charge on any atom is -0.355 e. The van der Waals surface area contributed by atoms with E-state index in [0.29, 0.717) is 12.9 Å². The van der Waals surface area contributed by atoms with E-state index in [0.717, 1.165) is 32.0 Å². The lowest BCUT2D eigenvalue weighted by Gasteiger charge is -2.24. The van der Waals surface area contributed by atoms with Gasteiger partial charge in [0.05, 0.1) is 12.7 Å². The molecule has 96 valence electrons. The summed E-state index contributed by atoms with van der Waals surface area (Å²) in [6, 6.07) is 0. The van der Waals surface area contributed by atoms with Gasteiger partial charge in [0.25, 0.3) is 0 Å². The van der Waals surface area contributed by atoms with Gasteiger partial charge < -0.3 is 14.8 Å². The smallest absolute Gasteiger partial charge is 0.147 e. The molecule has 16 heavy (non-hydrogen) atoms. The van der Waals surface area contributed by atoms with Crippen molar-refractivity contribution in [3.05, 3.63) is 0 Å². The minimum absolute atomic E-state index is 0.359. The number of unbranched alkanes of at least 4 members (excludes halogenated alkanes) is 1. The molecule has 0 aromatic carbocycles. The Bertz CT molecular complexity index is 158. The van der Waals surface area contributed by atoms with Crippen molar-refractivity contribution in [1.82, 2.24) is 5.32 Å². The van der Waals surface area contributed by atoms with Crippen LogP contribution in [0.15, 0.2) is 0 Å². The molecule has 0 aliphatic carbocycles. The molecule has 1 saturated heterocycles. The summed E-state index contributed by atoms with van der Waals surface area (Å²) in [5.74, 6) is 0.833. The van der Waals surface area contributed by atoms with Crippen molar-refractivity contribution in [3.63, 3.8) is 0 Å². The summed E-state index contributed by atoms with van der Waals surface area (Å²) in [5.41, 5.74) is 0. The van der Waals surface area contributed by atoms with Gasteiger partial charge in [0.2, 0.25) is 0 Å². The van der Waals surface area contributed by atoms with Gasteiger partial charge in [-0.1, -0.05) is 33.1 Å². The standard InChI is InChI=1S/C13H27NO2/c1-3-5-6-12(4-2)9-14-10-13-7-8-15-11-16-13/h12-14H,3-11H2,1-2H3. The number of nitrogens with one attached hydrogen (secondary N) is 1. The van der Waals surface area contributed by atoms with E-state index in [1.54, 1.807) is 0 Å². The van der Waals surface area contributed by atoms with Crippen LogP contribution in [0.4, 0.5) is 0 Å². The Kier molecular flexibility index (Phi) is 7.81. The molecule has 1 aliphatic rings. The van der Waals surface area contributed by atoms with E-state index in [-0.39, 0.29) is 0 Å². The summed E-state index contributed by atoms with van der Waals surface area (Å²) in [5, 5.41) is 3.53. The zero-order chi connectivity index (χ0) is 11.6. The summed E-state index contributed by atoms with van der Waals surface area (Å²) in [6.45, 7) is 7.98. The van der Waals surface area contributed by atoms with E-state index in [4.69, 9.17) is 9.47 Å². The number of rotatable bonds is 8. The largest absolute Gasteiger partial charge is 0.355 e. The van der Waals surface area contributed by atoms with E-state index in [9.17, 15) is 0 Å². The van der Waals surface area contributed by atoms with Crippen LogP contribution in [0.2, 0.25) is 0 Å². The Morgan fingerprint density at radius 3 is 2.88 bits per heavy atom. The van der Waals surface area contributed by atoms with E-state index in [1.165, 1.54) is 25.7 Å². The monoisotopic (exact) mass is 229 g/mol. The summed E-state index contributed by atoms with van der Waals surface area (Å²) in [7, 11) is 0. The van der Waals surface area contributed by atoms with Crippen molar-refractivity contribution in [2.24, 2.45) is 5.92 Å². The molecule has 2 unspecified atom stereocenters. The molecule has 0 radical (unpaired) electrons. The molecule has 1 fully saturated rings. The third kappa shape index (κ3) is 5.83. The molecule has 1 aliphatic heterocycles. The molecule has 1 heterocycles. The fourth-order valence-corrected chi connectivity index (χ4v) is 2.05. The SMILES string of the molecule is CCCCC(CC)CNCC1CCOCO1. The highest BCUT2D eigenvalue weighted by atomic mass is 16.7. The van der Waals surface area contributed by atoms with Gasteiger partial charge in [-0.25, -0.2) is 0 Å². The van der Waals surface area contributed by atoms with Gasteiger partial charge in [0.15, 0.2) is 0 Å². The van der Waals surface area contributed by atoms with Crippen molar-refractivity contribution >= 4 is 0 Å². The van der Waals surface area contributed by atoms with Gasteiger partial charge in [-0.15, -0.1) is 0 Å². The van der Waals surface area contributed by atoms with Crippen LogP contribution in [0, 0.1) is 5.92 Å². The van der Waals surface area contributed by atoms with Crippen LogP contribution in [0.1, 0.15) is 46.0 Å². The predicted octanol–water partition coefficient (Wildman–Crippen LogP) is 2.56. The number of ether oxygens (including phenoxy) is 2. The lowest BCUT2D eigenvalue weighted by Crippen LogP contribution is -2.36. The first-order valence-electron chi connectivity index (χ1n) is 6.76. The van der Waals surface area contributed by atoms with E-state index >= 15 is 0 Å². The van der Waals surface area contributed by atoms with E-state index in [1.807, 2.05) is 0 Å². The summed E-state index contributed by atoms with van der Waals surface area (Å²) >= 11 is 0. The Morgan fingerprint density at radius 2 is 2.25 bits per heavy atom. The molecule has 0 saturated carbocycles. The van der Waals surface area contributed by atoms with Gasteiger partial charge in [-0.3, -0.25) is 0 Å². The maximum atomic E-state index is 5.49. The van der Waals surface area contributed by atoms with Crippen LogP contribution in [0.5, 0.6) is 0 Å². The second-order valence-electron chi connectivity index (χ2n) is 4.68. The van der Waals surface area contributed by atoms with Gasteiger partial charge in [-0.05, 0) is 25.3 Å². The van der Waals surface area contributed by atoms with Gasteiger partial charge in [0, 0.05) is 6.54 Å². The highest BCUT2D eigenvalue weighted by Gasteiger charge is 2.14. The van der Waals surface area contributed by atoms with Crippen molar-refractivity contribution < 1.29 is 9.47 Å². The molecule has 1 rings (SSSR count). The molecule has 3 nitrogen and oxygen atoms in total. The van der Waals surface area contributed by atoms with E-state index in [2.05, 4.69) is 19.2 Å². The first kappa shape index (κ1) is 13.9. The third-order valence-corrected chi connectivity index (χ3v) is 3.32. The van der Waals surface area contributed by atoms with Crippen molar-refractivity contribution in [1.29, 1.82) is 0 Å². The molecule has 0 aromatic heterocycles. The highest BCUT2D eigenvalue weighted by molar-refractivity contribution is 4.66.